The molecule has 2 aliphatic rings. The van der Waals surface area contributed by atoms with Crippen LogP contribution in [0.4, 0.5) is 4.39 Å². The number of aliphatic hydroxyl groups is 1. The van der Waals surface area contributed by atoms with E-state index in [-0.39, 0.29) is 17.2 Å². The lowest BCUT2D eigenvalue weighted by atomic mass is 9.58. The number of aromatic nitrogens is 2. The molecular weight excluding hydrogens is 383 g/mol. The van der Waals surface area contributed by atoms with Crippen molar-refractivity contribution in [1.29, 1.82) is 0 Å². The second-order valence-electron chi connectivity index (χ2n) is 8.77. The topological polar surface area (TPSA) is 38.0 Å². The zero-order valence-electron chi connectivity index (χ0n) is 16.7. The molecule has 1 fully saturated rings. The van der Waals surface area contributed by atoms with Gasteiger partial charge in [-0.05, 0) is 68.0 Å². The van der Waals surface area contributed by atoms with Crippen LogP contribution in [-0.2, 0) is 12.1 Å². The van der Waals surface area contributed by atoms with Crippen molar-refractivity contribution in [3.63, 3.8) is 0 Å². The van der Waals surface area contributed by atoms with Crippen molar-refractivity contribution >= 4 is 17.4 Å². The Labute approximate surface area is 174 Å². The summed E-state index contributed by atoms with van der Waals surface area (Å²) < 4.78 is 15.5. The Morgan fingerprint density at radius 1 is 1.28 bits per heavy atom. The quantitative estimate of drug-likeness (QED) is 0.589. The lowest BCUT2D eigenvalue weighted by Gasteiger charge is -2.51. The molecule has 29 heavy (non-hydrogen) atoms. The maximum Gasteiger partial charge on any atom is 0.123 e. The Hall–Kier alpha value is -2.24. The smallest absolute Gasteiger partial charge is 0.123 e. The first-order valence-corrected chi connectivity index (χ1v) is 11.1. The Kier molecular flexibility index (Phi) is 4.30. The molecule has 0 bridgehead atoms. The minimum atomic E-state index is -0.861. The highest BCUT2D eigenvalue weighted by Gasteiger charge is 2.51. The molecule has 0 spiro atoms. The summed E-state index contributed by atoms with van der Waals surface area (Å²) in [4.78, 5) is 5.69. The highest BCUT2D eigenvalue weighted by atomic mass is 32.1. The number of hydrogen-bond acceptors (Lipinski definition) is 3. The van der Waals surface area contributed by atoms with Gasteiger partial charge in [0.15, 0.2) is 0 Å². The molecule has 5 rings (SSSR count). The Morgan fingerprint density at radius 3 is 2.79 bits per heavy atom. The van der Waals surface area contributed by atoms with E-state index >= 15 is 0 Å². The van der Waals surface area contributed by atoms with Crippen molar-refractivity contribution in [3.8, 4) is 11.3 Å². The van der Waals surface area contributed by atoms with Crippen LogP contribution in [0.2, 0.25) is 0 Å². The van der Waals surface area contributed by atoms with Gasteiger partial charge in [0.25, 0.3) is 0 Å². The van der Waals surface area contributed by atoms with E-state index in [9.17, 15) is 9.50 Å². The molecule has 1 aromatic carbocycles. The van der Waals surface area contributed by atoms with Gasteiger partial charge in [0.05, 0.1) is 23.3 Å². The van der Waals surface area contributed by atoms with Crippen molar-refractivity contribution in [2.45, 2.75) is 45.3 Å². The summed E-state index contributed by atoms with van der Waals surface area (Å²) in [5, 5.41) is 13.6. The minimum absolute atomic E-state index is 0.125. The predicted molar refractivity (Wildman–Crippen MR) is 115 cm³/mol. The molecule has 3 aromatic rings. The van der Waals surface area contributed by atoms with Gasteiger partial charge in [0.2, 0.25) is 0 Å². The average molecular weight is 409 g/mol. The predicted octanol–water partition coefficient (Wildman–Crippen LogP) is 5.86. The monoisotopic (exact) mass is 408 g/mol. The molecule has 0 amide bonds. The molecule has 3 heterocycles. The normalized spacial score (nSPS) is 25.7. The molecule has 1 aliphatic heterocycles. The standard InChI is InChI=1S/C24H25FN2OS/c1-23-14-27-15-26-22(16-8-10-18(25)11-9-16)19(27)13-17(23)5-3-6-20(23)24(2,28)21-7-4-12-29-21/h4,7-13,15,20,28H,3,5-6,14H2,1-2H3. The van der Waals surface area contributed by atoms with Gasteiger partial charge < -0.3 is 9.67 Å². The molecule has 1 aliphatic carbocycles. The number of rotatable bonds is 3. The fourth-order valence-electron chi connectivity index (χ4n) is 5.43. The second-order valence-corrected chi connectivity index (χ2v) is 9.72. The zero-order chi connectivity index (χ0) is 20.2. The fraction of sp³-hybridized carbons (Fsp3) is 0.375. The van der Waals surface area contributed by atoms with Crippen molar-refractivity contribution in [1.82, 2.24) is 9.55 Å². The van der Waals surface area contributed by atoms with E-state index in [1.54, 1.807) is 23.5 Å². The summed E-state index contributed by atoms with van der Waals surface area (Å²) >= 11 is 1.63. The van der Waals surface area contributed by atoms with Crippen LogP contribution in [0.1, 0.15) is 43.7 Å². The van der Waals surface area contributed by atoms with E-state index in [1.807, 2.05) is 30.8 Å². The van der Waals surface area contributed by atoms with Crippen LogP contribution in [0.15, 0.2) is 53.7 Å². The van der Waals surface area contributed by atoms with E-state index in [0.717, 1.165) is 47.6 Å². The minimum Gasteiger partial charge on any atom is -0.384 e. The van der Waals surface area contributed by atoms with Crippen LogP contribution >= 0.6 is 11.3 Å². The van der Waals surface area contributed by atoms with Crippen molar-refractivity contribution in [3.05, 3.63) is 70.1 Å². The number of allylic oxidation sites excluding steroid dienone is 1. The molecule has 3 atom stereocenters. The van der Waals surface area contributed by atoms with Gasteiger partial charge in [-0.2, -0.15) is 0 Å². The number of halogens is 1. The number of fused-ring (bicyclic) bond motifs is 2. The van der Waals surface area contributed by atoms with E-state index < -0.39 is 5.60 Å². The van der Waals surface area contributed by atoms with Gasteiger partial charge in [-0.15, -0.1) is 11.3 Å². The molecule has 1 N–H and O–H groups in total. The van der Waals surface area contributed by atoms with Gasteiger partial charge in [-0.25, -0.2) is 9.37 Å². The number of thiophene rings is 1. The number of benzene rings is 1. The van der Waals surface area contributed by atoms with Gasteiger partial charge >= 0.3 is 0 Å². The second kappa shape index (κ2) is 6.64. The lowest BCUT2D eigenvalue weighted by Crippen LogP contribution is -2.48. The SMILES string of the molecule is CC12Cn3cnc(-c4ccc(F)cc4)c3C=C1CCCC2C(C)(O)c1cccs1. The highest BCUT2D eigenvalue weighted by molar-refractivity contribution is 7.10. The van der Waals surface area contributed by atoms with Gasteiger partial charge in [0.1, 0.15) is 5.82 Å². The molecule has 0 radical (unpaired) electrons. The zero-order valence-corrected chi connectivity index (χ0v) is 17.5. The van der Waals surface area contributed by atoms with Crippen LogP contribution < -0.4 is 0 Å². The largest absolute Gasteiger partial charge is 0.384 e. The Bertz CT molecular complexity index is 1070. The first-order valence-electron chi connectivity index (χ1n) is 10.2. The summed E-state index contributed by atoms with van der Waals surface area (Å²) in [7, 11) is 0. The lowest BCUT2D eigenvalue weighted by molar-refractivity contribution is -0.0687. The summed E-state index contributed by atoms with van der Waals surface area (Å²) in [6.45, 7) is 5.07. The highest BCUT2D eigenvalue weighted by Crippen LogP contribution is 2.56. The summed E-state index contributed by atoms with van der Waals surface area (Å²) in [5.41, 5.74) is 3.31. The third kappa shape index (κ3) is 2.90. The van der Waals surface area contributed by atoms with Crippen molar-refractivity contribution < 1.29 is 9.50 Å². The van der Waals surface area contributed by atoms with Gasteiger partial charge in [0, 0.05) is 28.3 Å². The van der Waals surface area contributed by atoms with Gasteiger partial charge in [-0.1, -0.05) is 18.6 Å². The van der Waals surface area contributed by atoms with Gasteiger partial charge in [-0.3, -0.25) is 0 Å². The van der Waals surface area contributed by atoms with E-state index in [0.29, 0.717) is 0 Å². The van der Waals surface area contributed by atoms with E-state index in [2.05, 4.69) is 22.6 Å². The first kappa shape index (κ1) is 18.8. The van der Waals surface area contributed by atoms with Crippen LogP contribution in [0.3, 0.4) is 0 Å². The number of imidazole rings is 1. The molecule has 1 saturated carbocycles. The van der Waals surface area contributed by atoms with Crippen LogP contribution in [0, 0.1) is 17.2 Å². The maximum atomic E-state index is 13.4. The average Bonchev–Trinajstić information content (AvgIpc) is 3.36. The van der Waals surface area contributed by atoms with Crippen LogP contribution in [0.25, 0.3) is 17.3 Å². The molecule has 3 unspecified atom stereocenters. The third-order valence-corrected chi connectivity index (χ3v) is 8.04. The maximum absolute atomic E-state index is 13.4. The third-order valence-electron chi connectivity index (χ3n) is 6.95. The van der Waals surface area contributed by atoms with E-state index in [4.69, 9.17) is 0 Å². The first-order chi connectivity index (χ1) is 13.9. The summed E-state index contributed by atoms with van der Waals surface area (Å²) in [6.07, 6.45) is 7.28. The summed E-state index contributed by atoms with van der Waals surface area (Å²) in [5.74, 6) is -0.0999. The van der Waals surface area contributed by atoms with Crippen LogP contribution in [-0.4, -0.2) is 14.7 Å². The molecule has 0 saturated heterocycles. The molecule has 150 valence electrons. The van der Waals surface area contributed by atoms with Crippen molar-refractivity contribution in [2.75, 3.05) is 0 Å². The molecule has 3 nitrogen and oxygen atoms in total. The molecule has 5 heteroatoms. The van der Waals surface area contributed by atoms with Crippen LogP contribution in [0.5, 0.6) is 0 Å². The molecule has 2 aromatic heterocycles. The summed E-state index contributed by atoms with van der Waals surface area (Å²) in [6, 6.07) is 10.6. The van der Waals surface area contributed by atoms with Crippen molar-refractivity contribution in [2.24, 2.45) is 11.3 Å². The Balaban J connectivity index is 1.56. The molecular formula is C24H25FN2OS. The number of hydrogen-bond donors (Lipinski definition) is 1. The van der Waals surface area contributed by atoms with E-state index in [1.165, 1.54) is 17.7 Å². The number of nitrogens with zero attached hydrogens (tertiary/aromatic N) is 2. The Morgan fingerprint density at radius 2 is 2.07 bits per heavy atom. The fourth-order valence-corrected chi connectivity index (χ4v) is 6.27.